The molecular weight excluding hydrogens is 347 g/mol. The van der Waals surface area contributed by atoms with Crippen molar-refractivity contribution in [2.75, 3.05) is 0 Å². The van der Waals surface area contributed by atoms with Crippen molar-refractivity contribution in [1.29, 1.82) is 0 Å². The molecule has 0 amide bonds. The van der Waals surface area contributed by atoms with Crippen LogP contribution in [0.15, 0.2) is 59.6 Å². The molecule has 0 saturated carbocycles. The van der Waals surface area contributed by atoms with E-state index in [1.807, 2.05) is 6.07 Å². The van der Waals surface area contributed by atoms with Crippen LogP contribution >= 0.6 is 19.1 Å². The maximum Gasteiger partial charge on any atom is 0.210 e. The van der Waals surface area contributed by atoms with Crippen molar-refractivity contribution in [2.45, 2.75) is 0 Å². The molecule has 0 saturated heterocycles. The van der Waals surface area contributed by atoms with E-state index in [1.54, 1.807) is 11.3 Å². The van der Waals surface area contributed by atoms with Crippen LogP contribution in [-0.4, -0.2) is 0 Å². The molecule has 0 spiro atoms. The molecule has 1 nitrogen and oxygen atoms in total. The van der Waals surface area contributed by atoms with Crippen LogP contribution in [0.4, 0.5) is 25.2 Å². The molecule has 0 fully saturated rings. The van der Waals surface area contributed by atoms with E-state index in [-0.39, 0.29) is 0 Å². The largest absolute Gasteiger partial charge is 0.210 e. The summed E-state index contributed by atoms with van der Waals surface area (Å²) >= 11 is 1.73. The van der Waals surface area contributed by atoms with Gasteiger partial charge in [-0.3, -0.25) is 0 Å². The summed E-state index contributed by atoms with van der Waals surface area (Å²) in [6, 6.07) is 12.7. The van der Waals surface area contributed by atoms with Gasteiger partial charge in [0.1, 0.15) is 0 Å². The monoisotopic (exact) mass is 357 g/mol. The first-order valence-electron chi connectivity index (χ1n) is 5.87. The molecule has 3 rings (SSSR count). The summed E-state index contributed by atoms with van der Waals surface area (Å²) in [5.41, 5.74) is 3.77. The van der Waals surface area contributed by atoms with Gasteiger partial charge in [-0.15, -0.1) is 0 Å². The summed E-state index contributed by atoms with van der Waals surface area (Å²) in [4.78, 5) is 0. The third kappa shape index (κ3) is 6.41. The first-order chi connectivity index (χ1) is 9.88. The quantitative estimate of drug-likeness (QED) is 0.265. The number of nitrogens with zero attached hydrogens (tertiary/aromatic N) is 1. The van der Waals surface area contributed by atoms with Gasteiger partial charge in [0.2, 0.25) is 5.52 Å². The third-order valence-corrected chi connectivity index (χ3v) is 3.17. The van der Waals surface area contributed by atoms with Crippen LogP contribution in [0.3, 0.4) is 0 Å². The summed E-state index contributed by atoms with van der Waals surface area (Å²) in [7, 11) is -10.7. The second kappa shape index (κ2) is 4.93. The van der Waals surface area contributed by atoms with Gasteiger partial charge in [0.05, 0.1) is 0 Å². The zero-order valence-corrected chi connectivity index (χ0v) is 12.6. The van der Waals surface area contributed by atoms with Crippen LogP contribution in [0.5, 0.6) is 0 Å². The van der Waals surface area contributed by atoms with Crippen LogP contribution < -0.4 is 4.40 Å². The summed E-state index contributed by atoms with van der Waals surface area (Å²) in [6.45, 7) is 0. The van der Waals surface area contributed by atoms with E-state index < -0.39 is 7.81 Å². The maximum absolute atomic E-state index is 10.7. The van der Waals surface area contributed by atoms with Crippen LogP contribution in [-0.2, 0) is 0 Å². The number of pyridine rings is 2. The summed E-state index contributed by atoms with van der Waals surface area (Å²) in [6.07, 6.45) is 4.24. The van der Waals surface area contributed by atoms with Crippen molar-refractivity contribution in [2.24, 2.45) is 0 Å². The van der Waals surface area contributed by atoms with E-state index in [2.05, 4.69) is 57.9 Å². The van der Waals surface area contributed by atoms with Crippen LogP contribution in [0.2, 0.25) is 0 Å². The molecule has 9 heteroatoms. The topological polar surface area (TPSA) is 4.10 Å². The van der Waals surface area contributed by atoms with Gasteiger partial charge in [-0.2, -0.15) is 15.7 Å². The molecule has 3 aromatic heterocycles. The fourth-order valence-corrected chi connectivity index (χ4v) is 2.36. The molecule has 3 aromatic rings. The number of hydrogen-bond donors (Lipinski definition) is 0. The Morgan fingerprint density at radius 3 is 2.09 bits per heavy atom. The molecule has 3 heterocycles. The van der Waals surface area contributed by atoms with Gasteiger partial charge < -0.3 is 0 Å². The van der Waals surface area contributed by atoms with E-state index in [4.69, 9.17) is 0 Å². The summed E-state index contributed by atoms with van der Waals surface area (Å²) in [5, 5.41) is 4.28. The first-order valence-corrected chi connectivity index (χ1v) is 8.85. The Morgan fingerprint density at radius 2 is 1.50 bits per heavy atom. The zero-order valence-electron chi connectivity index (χ0n) is 10.8. The van der Waals surface area contributed by atoms with Gasteiger partial charge in [0.15, 0.2) is 12.4 Å². The second-order valence-electron chi connectivity index (χ2n) is 4.42. The van der Waals surface area contributed by atoms with Crippen LogP contribution in [0.1, 0.15) is 0 Å². The Hall–Kier alpha value is -1.66. The smallest absolute Gasteiger partial charge is 0.167 e. The van der Waals surface area contributed by atoms with Crippen molar-refractivity contribution in [1.82, 2.24) is 0 Å². The van der Waals surface area contributed by atoms with Gasteiger partial charge in [-0.25, -0.2) is 0 Å². The number of halogens is 6. The molecule has 120 valence electrons. The second-order valence-corrected chi connectivity index (χ2v) is 7.12. The standard InChI is InChI=1S/C13H10NS.F6P/c1-2-7-14-9-11(4-5-13(14)3-1)12-6-8-15-10-12;1-7(2,3,4,5)6/h1-10H;/q+1;-1. The van der Waals surface area contributed by atoms with Gasteiger partial charge in [0, 0.05) is 23.8 Å². The van der Waals surface area contributed by atoms with Gasteiger partial charge in [-0.1, -0.05) is 0 Å². The minimum atomic E-state index is -10.7. The van der Waals surface area contributed by atoms with Crippen LogP contribution in [0.25, 0.3) is 16.6 Å². The number of hydrogen-bond acceptors (Lipinski definition) is 1. The van der Waals surface area contributed by atoms with Crippen molar-refractivity contribution in [3.05, 3.63) is 59.6 Å². The Kier molecular flexibility index (Phi) is 3.74. The van der Waals surface area contributed by atoms with Gasteiger partial charge >= 0.3 is 33.0 Å². The Labute approximate surface area is 125 Å². The Bertz CT molecular complexity index is 772. The first kappa shape index (κ1) is 16.7. The SMILES string of the molecule is F[P-](F)(F)(F)(F)F.c1cc[n+]2cc(-c3ccsc3)ccc2c1. The zero-order chi connectivity index (χ0) is 16.5. The molecule has 0 aliphatic rings. The number of fused-ring (bicyclic) bond motifs is 1. The minimum Gasteiger partial charge on any atom is -0.167 e. The Morgan fingerprint density at radius 1 is 0.818 bits per heavy atom. The molecule has 0 bridgehead atoms. The van der Waals surface area contributed by atoms with Gasteiger partial charge in [-0.05, 0) is 34.5 Å². The molecule has 0 unspecified atom stereocenters. The summed E-state index contributed by atoms with van der Waals surface area (Å²) in [5.74, 6) is 0. The third-order valence-electron chi connectivity index (χ3n) is 2.49. The number of thiophene rings is 1. The molecule has 0 N–H and O–H groups in total. The average Bonchev–Trinajstić information content (AvgIpc) is 2.88. The number of aromatic nitrogens is 1. The fraction of sp³-hybridized carbons (Fsp3) is 0. The van der Waals surface area contributed by atoms with E-state index in [0.29, 0.717) is 0 Å². The van der Waals surface area contributed by atoms with Gasteiger partial charge in [0.25, 0.3) is 0 Å². The van der Waals surface area contributed by atoms with Crippen molar-refractivity contribution < 1.29 is 29.6 Å². The predicted molar refractivity (Wildman–Crippen MR) is 76.5 cm³/mol. The normalized spacial score (nSPS) is 14.6. The number of rotatable bonds is 1. The Balaban J connectivity index is 0.000000217. The van der Waals surface area contributed by atoms with Crippen molar-refractivity contribution in [3.8, 4) is 11.1 Å². The maximum atomic E-state index is 9.87. The van der Waals surface area contributed by atoms with Crippen LogP contribution in [0, 0.1) is 0 Å². The van der Waals surface area contributed by atoms with E-state index >= 15 is 0 Å². The molecule has 0 radical (unpaired) electrons. The molecule has 0 atom stereocenters. The predicted octanol–water partition coefficient (Wildman–Crippen LogP) is 6.54. The molecule has 0 aliphatic heterocycles. The summed E-state index contributed by atoms with van der Waals surface area (Å²) < 4.78 is 61.3. The van der Waals surface area contributed by atoms with E-state index in [1.165, 1.54) is 16.6 Å². The fourth-order valence-electron chi connectivity index (χ4n) is 1.70. The van der Waals surface area contributed by atoms with Crippen molar-refractivity contribution >= 4 is 24.7 Å². The van der Waals surface area contributed by atoms with E-state index in [0.717, 1.165) is 0 Å². The molecule has 22 heavy (non-hydrogen) atoms. The molecule has 0 aromatic carbocycles. The van der Waals surface area contributed by atoms with Crippen molar-refractivity contribution in [3.63, 3.8) is 0 Å². The average molecular weight is 357 g/mol. The van der Waals surface area contributed by atoms with E-state index in [9.17, 15) is 25.2 Å². The molecular formula is C13H10F6NPS. The minimum absolute atomic E-state index is 1.22. The molecule has 0 aliphatic carbocycles.